The quantitative estimate of drug-likeness (QED) is 0.696. The summed E-state index contributed by atoms with van der Waals surface area (Å²) in [5.41, 5.74) is -0.715. The van der Waals surface area contributed by atoms with Gasteiger partial charge in [-0.3, -0.25) is 0 Å². The molecule has 0 N–H and O–H groups in total. The van der Waals surface area contributed by atoms with E-state index in [0.29, 0.717) is 12.7 Å². The van der Waals surface area contributed by atoms with Crippen molar-refractivity contribution >= 4 is 7.12 Å². The SMILES string of the molecule is CC1(C)OB(CCC2CC2(F)F)OC1(C)C. The fraction of sp³-hybridized carbons (Fsp3) is 1.00. The summed E-state index contributed by atoms with van der Waals surface area (Å²) in [6.07, 6.45) is 1.09. The van der Waals surface area contributed by atoms with Crippen molar-refractivity contribution in [1.82, 2.24) is 0 Å². The Labute approximate surface area is 95.8 Å². The van der Waals surface area contributed by atoms with Crippen LogP contribution in [0.3, 0.4) is 0 Å². The third-order valence-electron chi connectivity index (χ3n) is 4.01. The maximum absolute atomic E-state index is 12.7. The molecular formula is C11H19BF2O2. The number of hydrogen-bond acceptors (Lipinski definition) is 2. The van der Waals surface area contributed by atoms with Crippen LogP contribution in [0.25, 0.3) is 0 Å². The van der Waals surface area contributed by atoms with Crippen molar-refractivity contribution in [2.24, 2.45) is 5.92 Å². The summed E-state index contributed by atoms with van der Waals surface area (Å²) < 4.78 is 36.9. The van der Waals surface area contributed by atoms with Gasteiger partial charge in [0.15, 0.2) is 0 Å². The van der Waals surface area contributed by atoms with Gasteiger partial charge in [-0.1, -0.05) is 0 Å². The second-order valence-electron chi connectivity index (χ2n) is 5.93. The normalized spacial score (nSPS) is 34.1. The summed E-state index contributed by atoms with van der Waals surface area (Å²) in [5.74, 6) is -2.88. The summed E-state index contributed by atoms with van der Waals surface area (Å²) in [5, 5.41) is 0. The molecule has 0 spiro atoms. The monoisotopic (exact) mass is 232 g/mol. The van der Waals surface area contributed by atoms with Gasteiger partial charge in [0.2, 0.25) is 0 Å². The lowest BCUT2D eigenvalue weighted by molar-refractivity contribution is 0.00578. The third-order valence-corrected chi connectivity index (χ3v) is 4.01. The molecule has 92 valence electrons. The van der Waals surface area contributed by atoms with E-state index in [9.17, 15) is 8.78 Å². The highest BCUT2D eigenvalue weighted by molar-refractivity contribution is 6.45. The Balaban J connectivity index is 1.81. The van der Waals surface area contributed by atoms with E-state index < -0.39 is 11.8 Å². The van der Waals surface area contributed by atoms with E-state index >= 15 is 0 Å². The number of hydrogen-bond donors (Lipinski definition) is 0. The van der Waals surface area contributed by atoms with Gasteiger partial charge in [0, 0.05) is 12.3 Å². The van der Waals surface area contributed by atoms with Gasteiger partial charge in [0.1, 0.15) is 0 Å². The molecular weight excluding hydrogens is 213 g/mol. The van der Waals surface area contributed by atoms with Gasteiger partial charge in [-0.15, -0.1) is 0 Å². The molecule has 0 aromatic rings. The predicted octanol–water partition coefficient (Wildman–Crippen LogP) is 3.12. The lowest BCUT2D eigenvalue weighted by atomic mass is 9.82. The molecule has 0 amide bonds. The van der Waals surface area contributed by atoms with Crippen LogP contribution >= 0.6 is 0 Å². The average Bonchev–Trinajstić information content (AvgIpc) is 2.61. The fourth-order valence-electron chi connectivity index (χ4n) is 2.00. The Morgan fingerprint density at radius 3 is 1.94 bits per heavy atom. The highest BCUT2D eigenvalue weighted by Gasteiger charge is 2.57. The van der Waals surface area contributed by atoms with E-state index in [1.165, 1.54) is 0 Å². The van der Waals surface area contributed by atoms with Crippen LogP contribution in [0.4, 0.5) is 8.78 Å². The smallest absolute Gasteiger partial charge is 0.403 e. The molecule has 1 atom stereocenters. The van der Waals surface area contributed by atoms with Gasteiger partial charge in [-0.2, -0.15) is 0 Å². The molecule has 1 aliphatic carbocycles. The summed E-state index contributed by atoms with van der Waals surface area (Å²) in [4.78, 5) is 0. The van der Waals surface area contributed by atoms with Gasteiger partial charge >= 0.3 is 7.12 Å². The van der Waals surface area contributed by atoms with Gasteiger partial charge in [-0.05, 0) is 40.4 Å². The van der Waals surface area contributed by atoms with E-state index in [1.54, 1.807) is 0 Å². The second-order valence-corrected chi connectivity index (χ2v) is 5.93. The molecule has 2 rings (SSSR count). The first kappa shape index (κ1) is 12.3. The van der Waals surface area contributed by atoms with Crippen LogP contribution < -0.4 is 0 Å². The summed E-state index contributed by atoms with van der Waals surface area (Å²) in [7, 11) is -0.332. The standard InChI is InChI=1S/C11H19BF2O2/c1-9(2)10(3,4)16-12(15-9)6-5-8-7-11(8,13)14/h8H,5-7H2,1-4H3. The van der Waals surface area contributed by atoms with E-state index in [4.69, 9.17) is 9.31 Å². The van der Waals surface area contributed by atoms with Crippen molar-refractivity contribution < 1.29 is 18.1 Å². The van der Waals surface area contributed by atoms with Crippen LogP contribution in [0, 0.1) is 5.92 Å². The van der Waals surface area contributed by atoms with Crippen LogP contribution in [0.1, 0.15) is 40.5 Å². The van der Waals surface area contributed by atoms with E-state index in [-0.39, 0.29) is 24.7 Å². The zero-order valence-electron chi connectivity index (χ0n) is 10.3. The van der Waals surface area contributed by atoms with Crippen LogP contribution in [-0.4, -0.2) is 24.2 Å². The maximum Gasteiger partial charge on any atom is 0.457 e. The Bertz CT molecular complexity index is 276. The highest BCUT2D eigenvalue weighted by atomic mass is 19.3. The molecule has 5 heteroatoms. The molecule has 2 aliphatic rings. The minimum Gasteiger partial charge on any atom is -0.403 e. The van der Waals surface area contributed by atoms with Crippen molar-refractivity contribution in [2.45, 2.75) is 64.0 Å². The van der Waals surface area contributed by atoms with Gasteiger partial charge in [-0.25, -0.2) is 8.78 Å². The number of halogens is 2. The highest BCUT2D eigenvalue weighted by Crippen LogP contribution is 2.52. The van der Waals surface area contributed by atoms with Gasteiger partial charge in [0.25, 0.3) is 5.92 Å². The number of rotatable bonds is 3. The topological polar surface area (TPSA) is 18.5 Å². The maximum atomic E-state index is 12.7. The van der Waals surface area contributed by atoms with E-state index in [2.05, 4.69) is 0 Å². The zero-order valence-corrected chi connectivity index (χ0v) is 10.3. The molecule has 0 bridgehead atoms. The zero-order chi connectivity index (χ0) is 12.2. The predicted molar refractivity (Wildman–Crippen MR) is 58.6 cm³/mol. The molecule has 1 aliphatic heterocycles. The van der Waals surface area contributed by atoms with Gasteiger partial charge in [0.05, 0.1) is 11.2 Å². The molecule has 0 aromatic carbocycles. The lowest BCUT2D eigenvalue weighted by Gasteiger charge is -2.32. The third kappa shape index (κ3) is 2.12. The van der Waals surface area contributed by atoms with Crippen molar-refractivity contribution in [3.05, 3.63) is 0 Å². The van der Waals surface area contributed by atoms with Crippen molar-refractivity contribution in [3.63, 3.8) is 0 Å². The molecule has 1 saturated heterocycles. The molecule has 1 unspecified atom stereocenters. The first-order valence-electron chi connectivity index (χ1n) is 5.87. The molecule has 16 heavy (non-hydrogen) atoms. The van der Waals surface area contributed by atoms with E-state index in [0.717, 1.165) is 0 Å². The Morgan fingerprint density at radius 2 is 1.56 bits per heavy atom. The Morgan fingerprint density at radius 1 is 1.12 bits per heavy atom. The summed E-state index contributed by atoms with van der Waals surface area (Å²) >= 11 is 0. The van der Waals surface area contributed by atoms with Crippen LogP contribution in [0.2, 0.25) is 6.32 Å². The minimum absolute atomic E-state index is 0.0342. The van der Waals surface area contributed by atoms with Crippen molar-refractivity contribution in [1.29, 1.82) is 0 Å². The molecule has 2 nitrogen and oxygen atoms in total. The molecule has 1 heterocycles. The van der Waals surface area contributed by atoms with Crippen molar-refractivity contribution in [2.75, 3.05) is 0 Å². The largest absolute Gasteiger partial charge is 0.457 e. The first-order valence-corrected chi connectivity index (χ1v) is 5.87. The fourth-order valence-corrected chi connectivity index (χ4v) is 2.00. The van der Waals surface area contributed by atoms with Crippen LogP contribution in [0.5, 0.6) is 0 Å². The van der Waals surface area contributed by atoms with Crippen molar-refractivity contribution in [3.8, 4) is 0 Å². The summed E-state index contributed by atoms with van der Waals surface area (Å²) in [6, 6.07) is 0. The van der Waals surface area contributed by atoms with Gasteiger partial charge < -0.3 is 9.31 Å². The Hall–Kier alpha value is -0.155. The average molecular weight is 232 g/mol. The van der Waals surface area contributed by atoms with Crippen LogP contribution in [0.15, 0.2) is 0 Å². The lowest BCUT2D eigenvalue weighted by Crippen LogP contribution is -2.41. The van der Waals surface area contributed by atoms with E-state index in [1.807, 2.05) is 27.7 Å². The summed E-state index contributed by atoms with van der Waals surface area (Å²) in [6.45, 7) is 7.88. The second kappa shape index (κ2) is 3.42. The molecule has 0 radical (unpaired) electrons. The number of alkyl halides is 2. The minimum atomic E-state index is -2.43. The molecule has 2 fully saturated rings. The molecule has 0 aromatic heterocycles. The molecule has 1 saturated carbocycles. The van der Waals surface area contributed by atoms with Crippen LogP contribution in [-0.2, 0) is 9.31 Å². The Kier molecular flexibility index (Phi) is 2.63. The first-order chi connectivity index (χ1) is 7.14.